The molecule has 106 valence electrons. The summed E-state index contributed by atoms with van der Waals surface area (Å²) in [6.45, 7) is 1.88. The molecule has 0 saturated heterocycles. The maximum absolute atomic E-state index is 4.72. The van der Waals surface area contributed by atoms with Crippen molar-refractivity contribution in [1.29, 1.82) is 0 Å². The SMILES string of the molecule is CN(C)CCn1c2ccncc2c2nc3cnccn3c21. The minimum Gasteiger partial charge on any atom is -0.324 e. The van der Waals surface area contributed by atoms with Gasteiger partial charge in [-0.2, -0.15) is 0 Å². The van der Waals surface area contributed by atoms with Gasteiger partial charge in [-0.05, 0) is 20.2 Å². The fourth-order valence-corrected chi connectivity index (χ4v) is 2.78. The number of rotatable bonds is 3. The smallest absolute Gasteiger partial charge is 0.157 e. The van der Waals surface area contributed by atoms with Crippen molar-refractivity contribution in [2.75, 3.05) is 20.6 Å². The standard InChI is InChI=1S/C15H16N6/c1-19(2)7-8-20-12-3-4-16-9-11(12)14-15(20)21-6-5-17-10-13(21)18-14/h3-6,9-10H,7-8H2,1-2H3. The van der Waals surface area contributed by atoms with Gasteiger partial charge >= 0.3 is 0 Å². The predicted molar refractivity (Wildman–Crippen MR) is 82.3 cm³/mol. The molecule has 0 amide bonds. The fraction of sp³-hybridized carbons (Fsp3) is 0.267. The minimum absolute atomic E-state index is 0.867. The van der Waals surface area contributed by atoms with Crippen LogP contribution < -0.4 is 0 Å². The van der Waals surface area contributed by atoms with Crippen LogP contribution in [0.4, 0.5) is 0 Å². The van der Waals surface area contributed by atoms with Crippen LogP contribution in [0.3, 0.4) is 0 Å². The molecule has 0 N–H and O–H groups in total. The Bertz CT molecular complexity index is 927. The molecule has 0 aliphatic rings. The Hall–Kier alpha value is -2.47. The van der Waals surface area contributed by atoms with E-state index in [-0.39, 0.29) is 0 Å². The molecule has 0 unspecified atom stereocenters. The van der Waals surface area contributed by atoms with Gasteiger partial charge in [-0.15, -0.1) is 0 Å². The summed E-state index contributed by atoms with van der Waals surface area (Å²) in [5.74, 6) is 0. The summed E-state index contributed by atoms with van der Waals surface area (Å²) in [4.78, 5) is 15.3. The Morgan fingerprint density at radius 1 is 1.14 bits per heavy atom. The zero-order valence-corrected chi connectivity index (χ0v) is 12.1. The molecule has 4 aromatic rings. The van der Waals surface area contributed by atoms with Gasteiger partial charge in [0.15, 0.2) is 5.65 Å². The van der Waals surface area contributed by atoms with E-state index >= 15 is 0 Å². The summed E-state index contributed by atoms with van der Waals surface area (Å²) >= 11 is 0. The molecular weight excluding hydrogens is 264 g/mol. The highest BCUT2D eigenvalue weighted by Gasteiger charge is 2.16. The molecule has 21 heavy (non-hydrogen) atoms. The number of hydrogen-bond donors (Lipinski definition) is 0. The van der Waals surface area contributed by atoms with Gasteiger partial charge in [-0.1, -0.05) is 0 Å². The molecule has 4 rings (SSSR count). The van der Waals surface area contributed by atoms with Crippen LogP contribution in [0.1, 0.15) is 0 Å². The second-order valence-electron chi connectivity index (χ2n) is 5.44. The van der Waals surface area contributed by atoms with Crippen LogP contribution in [-0.4, -0.2) is 49.5 Å². The number of fused-ring (bicyclic) bond motifs is 5. The Balaban J connectivity index is 2.09. The van der Waals surface area contributed by atoms with Gasteiger partial charge in [0.25, 0.3) is 0 Å². The molecule has 6 heteroatoms. The second kappa shape index (κ2) is 4.53. The van der Waals surface area contributed by atoms with E-state index in [1.165, 1.54) is 5.52 Å². The normalized spacial score (nSPS) is 12.1. The van der Waals surface area contributed by atoms with Gasteiger partial charge in [-0.3, -0.25) is 14.4 Å². The van der Waals surface area contributed by atoms with E-state index in [2.05, 4.69) is 44.0 Å². The molecule has 0 bridgehead atoms. The van der Waals surface area contributed by atoms with E-state index in [1.54, 1.807) is 12.4 Å². The molecule has 0 aromatic carbocycles. The van der Waals surface area contributed by atoms with E-state index < -0.39 is 0 Å². The van der Waals surface area contributed by atoms with Crippen molar-refractivity contribution >= 4 is 27.7 Å². The molecule has 4 aromatic heterocycles. The fourth-order valence-electron chi connectivity index (χ4n) is 2.78. The van der Waals surface area contributed by atoms with Crippen molar-refractivity contribution < 1.29 is 0 Å². The predicted octanol–water partition coefficient (Wildman–Crippen LogP) is 1.79. The molecule has 0 saturated carbocycles. The lowest BCUT2D eigenvalue weighted by atomic mass is 10.3. The van der Waals surface area contributed by atoms with Crippen LogP contribution in [0.2, 0.25) is 0 Å². The number of likely N-dealkylation sites (N-methyl/N-ethyl adjacent to an activating group) is 1. The van der Waals surface area contributed by atoms with E-state index in [0.29, 0.717) is 0 Å². The molecular formula is C15H16N6. The number of pyridine rings is 1. The van der Waals surface area contributed by atoms with Crippen LogP contribution >= 0.6 is 0 Å². The van der Waals surface area contributed by atoms with E-state index in [1.807, 2.05) is 18.6 Å². The zero-order valence-electron chi connectivity index (χ0n) is 12.1. The van der Waals surface area contributed by atoms with Crippen molar-refractivity contribution in [1.82, 2.24) is 28.8 Å². The Labute approximate surface area is 121 Å². The highest BCUT2D eigenvalue weighted by Crippen LogP contribution is 2.28. The maximum Gasteiger partial charge on any atom is 0.157 e. The largest absolute Gasteiger partial charge is 0.324 e. The second-order valence-corrected chi connectivity index (χ2v) is 5.44. The van der Waals surface area contributed by atoms with Crippen molar-refractivity contribution in [3.63, 3.8) is 0 Å². The maximum atomic E-state index is 4.72. The van der Waals surface area contributed by atoms with Crippen molar-refractivity contribution in [3.8, 4) is 0 Å². The lowest BCUT2D eigenvalue weighted by molar-refractivity contribution is 0.389. The first-order valence-corrected chi connectivity index (χ1v) is 6.94. The number of nitrogens with zero attached hydrogens (tertiary/aromatic N) is 6. The summed E-state index contributed by atoms with van der Waals surface area (Å²) in [5, 5.41) is 1.09. The van der Waals surface area contributed by atoms with Gasteiger partial charge in [0.05, 0.1) is 11.7 Å². The molecule has 0 atom stereocenters. The van der Waals surface area contributed by atoms with Crippen LogP contribution in [0.25, 0.3) is 27.7 Å². The van der Waals surface area contributed by atoms with Gasteiger partial charge < -0.3 is 9.47 Å². The first-order chi connectivity index (χ1) is 10.3. The highest BCUT2D eigenvalue weighted by molar-refractivity contribution is 6.05. The summed E-state index contributed by atoms with van der Waals surface area (Å²) in [7, 11) is 4.17. The van der Waals surface area contributed by atoms with E-state index in [4.69, 9.17) is 4.98 Å². The molecule has 0 fully saturated rings. The van der Waals surface area contributed by atoms with E-state index in [9.17, 15) is 0 Å². The Kier molecular flexibility index (Phi) is 2.65. The Morgan fingerprint density at radius 3 is 2.86 bits per heavy atom. The third-order valence-corrected chi connectivity index (χ3v) is 3.78. The summed E-state index contributed by atoms with van der Waals surface area (Å²) in [6.07, 6.45) is 9.27. The average Bonchev–Trinajstić information content (AvgIpc) is 3.00. The number of hydrogen-bond acceptors (Lipinski definition) is 4. The summed E-state index contributed by atoms with van der Waals surface area (Å²) in [6, 6.07) is 2.06. The van der Waals surface area contributed by atoms with E-state index in [0.717, 1.165) is 35.3 Å². The molecule has 6 nitrogen and oxygen atoms in total. The summed E-state index contributed by atoms with van der Waals surface area (Å²) in [5.41, 5.74) is 4.14. The molecule has 4 heterocycles. The number of imidazole rings is 1. The quantitative estimate of drug-likeness (QED) is 0.574. The van der Waals surface area contributed by atoms with Gasteiger partial charge in [0.1, 0.15) is 11.2 Å². The molecule has 0 aliphatic heterocycles. The third kappa shape index (κ3) is 1.80. The van der Waals surface area contributed by atoms with Crippen molar-refractivity contribution in [2.24, 2.45) is 0 Å². The molecule has 0 radical (unpaired) electrons. The lowest BCUT2D eigenvalue weighted by Crippen LogP contribution is -2.18. The van der Waals surface area contributed by atoms with Crippen molar-refractivity contribution in [2.45, 2.75) is 6.54 Å². The third-order valence-electron chi connectivity index (χ3n) is 3.78. The highest BCUT2D eigenvalue weighted by atomic mass is 15.2. The average molecular weight is 280 g/mol. The minimum atomic E-state index is 0.867. The molecule has 0 aliphatic carbocycles. The van der Waals surface area contributed by atoms with Gasteiger partial charge in [0.2, 0.25) is 0 Å². The van der Waals surface area contributed by atoms with Crippen molar-refractivity contribution in [3.05, 3.63) is 37.1 Å². The lowest BCUT2D eigenvalue weighted by Gasteiger charge is -2.12. The zero-order chi connectivity index (χ0) is 14.4. The van der Waals surface area contributed by atoms with Crippen LogP contribution in [0, 0.1) is 0 Å². The summed E-state index contributed by atoms with van der Waals surface area (Å²) < 4.78 is 4.41. The first kappa shape index (κ1) is 12.3. The Morgan fingerprint density at radius 2 is 2.00 bits per heavy atom. The molecule has 0 spiro atoms. The topological polar surface area (TPSA) is 51.2 Å². The van der Waals surface area contributed by atoms with Crippen LogP contribution in [-0.2, 0) is 6.54 Å². The first-order valence-electron chi connectivity index (χ1n) is 6.94. The van der Waals surface area contributed by atoms with Crippen LogP contribution in [0.15, 0.2) is 37.1 Å². The van der Waals surface area contributed by atoms with Gasteiger partial charge in [0, 0.05) is 43.3 Å². The van der Waals surface area contributed by atoms with Gasteiger partial charge in [-0.25, -0.2) is 4.98 Å². The number of aromatic nitrogens is 5. The monoisotopic (exact) mass is 280 g/mol. The van der Waals surface area contributed by atoms with Crippen LogP contribution in [0.5, 0.6) is 0 Å².